The molecular formula is C35H63O2. The average molecular weight is 516 g/mol. The van der Waals surface area contributed by atoms with Gasteiger partial charge in [-0.2, -0.15) is 0 Å². The molecule has 0 atom stereocenters. The molecule has 1 radical (unpaired) electrons. The molecule has 0 aliphatic carbocycles. The summed E-state index contributed by atoms with van der Waals surface area (Å²) < 4.78 is 12.0. The Morgan fingerprint density at radius 3 is 0.973 bits per heavy atom. The van der Waals surface area contributed by atoms with Gasteiger partial charge in [0, 0.05) is 6.07 Å². The maximum Gasteiger partial charge on any atom is 0.123 e. The highest BCUT2D eigenvalue weighted by atomic mass is 16.5. The summed E-state index contributed by atoms with van der Waals surface area (Å²) in [6.07, 6.45) is 32.8. The van der Waals surface area contributed by atoms with E-state index in [1.807, 2.05) is 18.2 Å². The number of ether oxygens (including phenoxy) is 2. The predicted octanol–water partition coefficient (Wildman–Crippen LogP) is 12.0. The van der Waals surface area contributed by atoms with E-state index < -0.39 is 0 Å². The van der Waals surface area contributed by atoms with E-state index in [9.17, 15) is 0 Å². The van der Waals surface area contributed by atoms with Crippen molar-refractivity contribution in [1.29, 1.82) is 0 Å². The van der Waals surface area contributed by atoms with Crippen molar-refractivity contribution in [2.75, 3.05) is 13.2 Å². The van der Waals surface area contributed by atoms with E-state index in [0.717, 1.165) is 43.1 Å². The summed E-state index contributed by atoms with van der Waals surface area (Å²) >= 11 is 0. The Kier molecular flexibility index (Phi) is 24.2. The summed E-state index contributed by atoms with van der Waals surface area (Å²) in [4.78, 5) is 0. The second-order valence-corrected chi connectivity index (χ2v) is 11.3. The van der Waals surface area contributed by atoms with Crippen molar-refractivity contribution in [3.05, 3.63) is 30.7 Å². The molecule has 2 heteroatoms. The number of benzene rings is 1. The third kappa shape index (κ3) is 22.5. The summed E-state index contributed by atoms with van der Waals surface area (Å²) in [7, 11) is 0. The predicted molar refractivity (Wildman–Crippen MR) is 164 cm³/mol. The minimum absolute atomic E-state index is 0.791. The standard InChI is InChI=1S/C35H63O2/c1-4-6-8-10-12-14-16-18-20-22-24-26-28-36-34-30-33(3)31-35(32-34)37-29-27-25-23-21-19-17-15-13-11-9-7-5-2/h30-32H,3-29H2,1-2H3. The smallest absolute Gasteiger partial charge is 0.123 e. The molecule has 215 valence electrons. The molecule has 37 heavy (non-hydrogen) atoms. The van der Waals surface area contributed by atoms with E-state index in [0.29, 0.717) is 0 Å². The molecule has 0 N–H and O–H groups in total. The second kappa shape index (κ2) is 26.4. The van der Waals surface area contributed by atoms with Gasteiger partial charge in [-0.15, -0.1) is 0 Å². The van der Waals surface area contributed by atoms with Gasteiger partial charge < -0.3 is 9.47 Å². The van der Waals surface area contributed by atoms with Gasteiger partial charge >= 0.3 is 0 Å². The van der Waals surface area contributed by atoms with Crippen molar-refractivity contribution in [3.63, 3.8) is 0 Å². The van der Waals surface area contributed by atoms with Gasteiger partial charge in [-0.25, -0.2) is 0 Å². The highest BCUT2D eigenvalue weighted by Crippen LogP contribution is 2.23. The van der Waals surface area contributed by atoms with Crippen molar-refractivity contribution in [3.8, 4) is 11.5 Å². The molecule has 0 aliphatic heterocycles. The van der Waals surface area contributed by atoms with Crippen molar-refractivity contribution in [2.24, 2.45) is 0 Å². The maximum absolute atomic E-state index is 6.02. The molecule has 0 spiro atoms. The quantitative estimate of drug-likeness (QED) is 0.103. The van der Waals surface area contributed by atoms with Gasteiger partial charge in [-0.05, 0) is 37.5 Å². The van der Waals surface area contributed by atoms with Crippen LogP contribution in [0.15, 0.2) is 18.2 Å². The Labute approximate surface area is 232 Å². The molecule has 0 saturated carbocycles. The first-order valence-corrected chi connectivity index (χ1v) is 16.5. The van der Waals surface area contributed by atoms with Crippen LogP contribution in [-0.2, 0) is 0 Å². The molecule has 0 saturated heterocycles. The lowest BCUT2D eigenvalue weighted by molar-refractivity contribution is 0.289. The Hall–Kier alpha value is -1.18. The summed E-state index contributed by atoms with van der Waals surface area (Å²) in [6.45, 7) is 10.3. The van der Waals surface area contributed by atoms with Gasteiger partial charge in [0.05, 0.1) is 13.2 Å². The fraction of sp³-hybridized carbons (Fsp3) is 0.800. The van der Waals surface area contributed by atoms with E-state index in [-0.39, 0.29) is 0 Å². The van der Waals surface area contributed by atoms with Gasteiger partial charge in [0.15, 0.2) is 0 Å². The molecule has 0 amide bonds. The zero-order valence-electron chi connectivity index (χ0n) is 25.1. The number of unbranched alkanes of at least 4 members (excludes halogenated alkanes) is 22. The number of hydrogen-bond acceptors (Lipinski definition) is 2. The van der Waals surface area contributed by atoms with E-state index in [2.05, 4.69) is 20.8 Å². The fourth-order valence-electron chi connectivity index (χ4n) is 5.06. The van der Waals surface area contributed by atoms with Gasteiger partial charge in [-0.1, -0.05) is 155 Å². The van der Waals surface area contributed by atoms with Gasteiger partial charge in [-0.3, -0.25) is 0 Å². The lowest BCUT2D eigenvalue weighted by atomic mass is 10.1. The van der Waals surface area contributed by atoms with Crippen LogP contribution >= 0.6 is 0 Å². The van der Waals surface area contributed by atoms with E-state index in [1.54, 1.807) is 0 Å². The largest absolute Gasteiger partial charge is 0.493 e. The van der Waals surface area contributed by atoms with Crippen molar-refractivity contribution < 1.29 is 9.47 Å². The lowest BCUT2D eigenvalue weighted by Crippen LogP contribution is -2.00. The molecule has 0 aromatic heterocycles. The Balaban J connectivity index is 1.97. The molecule has 0 fully saturated rings. The molecule has 0 unspecified atom stereocenters. The highest BCUT2D eigenvalue weighted by Gasteiger charge is 2.02. The van der Waals surface area contributed by atoms with Crippen LogP contribution in [0.3, 0.4) is 0 Å². The first-order valence-electron chi connectivity index (χ1n) is 16.5. The van der Waals surface area contributed by atoms with Crippen molar-refractivity contribution in [1.82, 2.24) is 0 Å². The number of hydrogen-bond donors (Lipinski definition) is 0. The second-order valence-electron chi connectivity index (χ2n) is 11.3. The molecule has 1 aromatic rings. The summed E-state index contributed by atoms with van der Waals surface area (Å²) in [5.41, 5.74) is 0.969. The van der Waals surface area contributed by atoms with Crippen molar-refractivity contribution in [2.45, 2.75) is 168 Å². The van der Waals surface area contributed by atoms with E-state index >= 15 is 0 Å². The van der Waals surface area contributed by atoms with E-state index in [4.69, 9.17) is 9.47 Å². The van der Waals surface area contributed by atoms with Crippen molar-refractivity contribution >= 4 is 0 Å². The Morgan fingerprint density at radius 2 is 0.676 bits per heavy atom. The van der Waals surface area contributed by atoms with Crippen LogP contribution in [0.25, 0.3) is 0 Å². The summed E-state index contributed by atoms with van der Waals surface area (Å²) in [5, 5.41) is 0. The SMILES string of the molecule is [CH2]c1cc(OCCCCCCCCCCCCCC)cc(OCCCCCCCCCCCCCC)c1. The lowest BCUT2D eigenvalue weighted by Gasteiger charge is -2.11. The van der Waals surface area contributed by atoms with Gasteiger partial charge in [0.25, 0.3) is 0 Å². The Morgan fingerprint density at radius 1 is 0.405 bits per heavy atom. The van der Waals surface area contributed by atoms with Crippen LogP contribution in [-0.4, -0.2) is 13.2 Å². The topological polar surface area (TPSA) is 18.5 Å². The van der Waals surface area contributed by atoms with Gasteiger partial charge in [0.1, 0.15) is 11.5 Å². The summed E-state index contributed by atoms with van der Waals surface area (Å²) in [5.74, 6) is 1.81. The van der Waals surface area contributed by atoms with Crippen LogP contribution < -0.4 is 9.47 Å². The molecule has 1 aromatic carbocycles. The fourth-order valence-corrected chi connectivity index (χ4v) is 5.06. The zero-order valence-corrected chi connectivity index (χ0v) is 25.1. The zero-order chi connectivity index (χ0) is 26.7. The third-order valence-corrected chi connectivity index (χ3v) is 7.47. The van der Waals surface area contributed by atoms with Crippen LogP contribution in [0.2, 0.25) is 0 Å². The third-order valence-electron chi connectivity index (χ3n) is 7.47. The molecular weight excluding hydrogens is 452 g/mol. The average Bonchev–Trinajstić information content (AvgIpc) is 2.89. The maximum atomic E-state index is 6.02. The van der Waals surface area contributed by atoms with Crippen LogP contribution in [0.1, 0.15) is 174 Å². The van der Waals surface area contributed by atoms with Crippen LogP contribution in [0.4, 0.5) is 0 Å². The normalized spacial score (nSPS) is 11.2. The van der Waals surface area contributed by atoms with Crippen LogP contribution in [0, 0.1) is 6.92 Å². The molecule has 2 nitrogen and oxygen atoms in total. The van der Waals surface area contributed by atoms with E-state index in [1.165, 1.54) is 141 Å². The minimum atomic E-state index is 0.791. The molecule has 1 rings (SSSR count). The highest BCUT2D eigenvalue weighted by molar-refractivity contribution is 5.39. The minimum Gasteiger partial charge on any atom is -0.493 e. The Bertz CT molecular complexity index is 549. The first kappa shape index (κ1) is 33.8. The number of rotatable bonds is 28. The monoisotopic (exact) mass is 515 g/mol. The molecule has 0 aliphatic rings. The molecule has 0 heterocycles. The van der Waals surface area contributed by atoms with Gasteiger partial charge in [0.2, 0.25) is 0 Å². The first-order chi connectivity index (χ1) is 18.3. The summed E-state index contributed by atoms with van der Waals surface area (Å²) in [6, 6.07) is 6.09. The molecule has 0 bridgehead atoms. The van der Waals surface area contributed by atoms with Crippen LogP contribution in [0.5, 0.6) is 11.5 Å².